The van der Waals surface area contributed by atoms with Crippen molar-refractivity contribution in [3.05, 3.63) is 0 Å². The van der Waals surface area contributed by atoms with Gasteiger partial charge in [-0.25, -0.2) is 5.32 Å². The third kappa shape index (κ3) is 4.24. The summed E-state index contributed by atoms with van der Waals surface area (Å²) in [5.74, 6) is -0.110. The molecule has 1 heterocycles. The van der Waals surface area contributed by atoms with Crippen molar-refractivity contribution >= 4 is 5.97 Å². The van der Waals surface area contributed by atoms with Gasteiger partial charge in [-0.1, -0.05) is 6.92 Å². The average molecular weight is 185 g/mol. The molecule has 0 aromatic heterocycles. The van der Waals surface area contributed by atoms with E-state index in [-0.39, 0.29) is 5.97 Å². The van der Waals surface area contributed by atoms with Crippen molar-refractivity contribution in [2.45, 2.75) is 13.3 Å². The van der Waals surface area contributed by atoms with Crippen LogP contribution < -0.4 is 5.32 Å². The Balaban J connectivity index is 2.01. The molecule has 0 saturated carbocycles. The van der Waals surface area contributed by atoms with E-state index >= 15 is 0 Å². The number of hydrogen-bond donors (Lipinski definition) is 0. The van der Waals surface area contributed by atoms with E-state index in [2.05, 4.69) is 10.2 Å². The van der Waals surface area contributed by atoms with Gasteiger partial charge in [0.05, 0.1) is 0 Å². The number of ether oxygens (including phenoxy) is 1. The molecule has 0 aromatic carbocycles. The Morgan fingerprint density at radius 2 is 2.15 bits per heavy atom. The minimum Gasteiger partial charge on any atom is -0.464 e. The highest BCUT2D eigenvalue weighted by Crippen LogP contribution is 1.93. The Morgan fingerprint density at radius 3 is 2.77 bits per heavy atom. The van der Waals surface area contributed by atoms with Crippen LogP contribution in [0.1, 0.15) is 13.3 Å². The largest absolute Gasteiger partial charge is 0.464 e. The summed E-state index contributed by atoms with van der Waals surface area (Å²) in [7, 11) is 0. The topological polar surface area (TPSA) is 43.6 Å². The summed E-state index contributed by atoms with van der Waals surface area (Å²) in [6.07, 6.45) is 0.468. The SMILES string of the molecule is CCC(=O)OCCN1CC[N]CC1. The molecule has 0 aliphatic carbocycles. The summed E-state index contributed by atoms with van der Waals surface area (Å²) < 4.78 is 4.98. The number of carbonyl (C=O) groups is 1. The number of rotatable bonds is 4. The van der Waals surface area contributed by atoms with Gasteiger partial charge in [0.25, 0.3) is 0 Å². The first-order chi connectivity index (χ1) is 6.33. The fourth-order valence-corrected chi connectivity index (χ4v) is 1.26. The smallest absolute Gasteiger partial charge is 0.305 e. The molecule has 0 atom stereocenters. The lowest BCUT2D eigenvalue weighted by molar-refractivity contribution is -0.143. The van der Waals surface area contributed by atoms with Gasteiger partial charge in [0.1, 0.15) is 6.61 Å². The van der Waals surface area contributed by atoms with Crippen LogP contribution in [-0.4, -0.2) is 50.2 Å². The number of hydrogen-bond acceptors (Lipinski definition) is 3. The van der Waals surface area contributed by atoms with Gasteiger partial charge in [-0.15, -0.1) is 0 Å². The summed E-state index contributed by atoms with van der Waals surface area (Å²) >= 11 is 0. The highest BCUT2D eigenvalue weighted by atomic mass is 16.5. The number of carbonyl (C=O) groups excluding carboxylic acids is 1. The quantitative estimate of drug-likeness (QED) is 0.573. The van der Waals surface area contributed by atoms with Gasteiger partial charge in [0.2, 0.25) is 0 Å². The molecule has 4 heteroatoms. The van der Waals surface area contributed by atoms with Crippen LogP contribution >= 0.6 is 0 Å². The van der Waals surface area contributed by atoms with Crippen molar-refractivity contribution in [2.24, 2.45) is 0 Å². The second-order valence-electron chi connectivity index (χ2n) is 3.09. The molecule has 0 bridgehead atoms. The first kappa shape index (κ1) is 10.5. The van der Waals surface area contributed by atoms with E-state index in [9.17, 15) is 4.79 Å². The molecule has 0 spiro atoms. The second-order valence-corrected chi connectivity index (χ2v) is 3.09. The van der Waals surface area contributed by atoms with Crippen LogP contribution in [-0.2, 0) is 9.53 Å². The van der Waals surface area contributed by atoms with Crippen LogP contribution in [0.2, 0.25) is 0 Å². The summed E-state index contributed by atoms with van der Waals surface area (Å²) in [5.41, 5.74) is 0. The number of piperazine rings is 1. The van der Waals surface area contributed by atoms with Gasteiger partial charge in [-0.05, 0) is 0 Å². The minimum atomic E-state index is -0.110. The zero-order valence-corrected chi connectivity index (χ0v) is 8.16. The fourth-order valence-electron chi connectivity index (χ4n) is 1.26. The molecule has 1 aliphatic heterocycles. The zero-order chi connectivity index (χ0) is 9.52. The Labute approximate surface area is 79.2 Å². The predicted molar refractivity (Wildman–Crippen MR) is 49.6 cm³/mol. The van der Waals surface area contributed by atoms with Crippen molar-refractivity contribution in [1.29, 1.82) is 0 Å². The van der Waals surface area contributed by atoms with E-state index in [1.807, 2.05) is 6.92 Å². The molecule has 0 unspecified atom stereocenters. The molecular formula is C9H17N2O2. The Hall–Kier alpha value is -0.610. The summed E-state index contributed by atoms with van der Waals surface area (Å²) in [6, 6.07) is 0. The molecule has 0 aromatic rings. The number of nitrogens with zero attached hydrogens (tertiary/aromatic N) is 2. The van der Waals surface area contributed by atoms with Crippen molar-refractivity contribution in [2.75, 3.05) is 39.3 Å². The molecule has 1 saturated heterocycles. The van der Waals surface area contributed by atoms with Crippen LogP contribution in [0.25, 0.3) is 0 Å². The lowest BCUT2D eigenvalue weighted by Gasteiger charge is -2.25. The van der Waals surface area contributed by atoms with Crippen molar-refractivity contribution in [3.63, 3.8) is 0 Å². The van der Waals surface area contributed by atoms with Crippen LogP contribution in [0.3, 0.4) is 0 Å². The first-order valence-corrected chi connectivity index (χ1v) is 4.84. The van der Waals surface area contributed by atoms with E-state index in [4.69, 9.17) is 4.74 Å². The van der Waals surface area contributed by atoms with Gasteiger partial charge in [-0.2, -0.15) is 0 Å². The minimum absolute atomic E-state index is 0.110. The Morgan fingerprint density at radius 1 is 1.46 bits per heavy atom. The lowest BCUT2D eigenvalue weighted by Crippen LogP contribution is -2.41. The van der Waals surface area contributed by atoms with Crippen molar-refractivity contribution in [1.82, 2.24) is 10.2 Å². The number of esters is 1. The maximum Gasteiger partial charge on any atom is 0.305 e. The van der Waals surface area contributed by atoms with Gasteiger partial charge in [0.15, 0.2) is 0 Å². The van der Waals surface area contributed by atoms with Crippen LogP contribution in [0, 0.1) is 0 Å². The van der Waals surface area contributed by atoms with E-state index < -0.39 is 0 Å². The van der Waals surface area contributed by atoms with Gasteiger partial charge >= 0.3 is 5.97 Å². The monoisotopic (exact) mass is 185 g/mol. The Bertz CT molecular complexity index is 156. The van der Waals surface area contributed by atoms with Gasteiger partial charge in [-0.3, -0.25) is 9.69 Å². The maximum absolute atomic E-state index is 10.8. The van der Waals surface area contributed by atoms with E-state index in [1.54, 1.807) is 0 Å². The van der Waals surface area contributed by atoms with Crippen molar-refractivity contribution < 1.29 is 9.53 Å². The third-order valence-corrected chi connectivity index (χ3v) is 2.11. The fraction of sp³-hybridized carbons (Fsp3) is 0.889. The predicted octanol–water partition coefficient (Wildman–Crippen LogP) is -0.140. The van der Waals surface area contributed by atoms with E-state index in [0.717, 1.165) is 32.7 Å². The summed E-state index contributed by atoms with van der Waals surface area (Å²) in [6.45, 7) is 7.02. The molecule has 0 amide bonds. The molecule has 1 rings (SSSR count). The molecular weight excluding hydrogens is 168 g/mol. The van der Waals surface area contributed by atoms with Crippen LogP contribution in [0.4, 0.5) is 0 Å². The highest BCUT2D eigenvalue weighted by molar-refractivity contribution is 5.68. The molecule has 1 radical (unpaired) electrons. The van der Waals surface area contributed by atoms with Crippen LogP contribution in [0.5, 0.6) is 0 Å². The summed E-state index contributed by atoms with van der Waals surface area (Å²) in [5, 5.41) is 4.24. The molecule has 4 nitrogen and oxygen atoms in total. The lowest BCUT2D eigenvalue weighted by atomic mass is 10.3. The standard InChI is InChI=1S/C9H17N2O2/c1-2-9(12)13-8-7-11-5-3-10-4-6-11/h2-8H2,1H3. The van der Waals surface area contributed by atoms with Gasteiger partial charge < -0.3 is 4.74 Å². The Kier molecular flexibility index (Phi) is 4.78. The normalized spacial score (nSPS) is 18.5. The molecule has 1 aliphatic rings. The molecule has 0 N–H and O–H groups in total. The van der Waals surface area contributed by atoms with Crippen molar-refractivity contribution in [3.8, 4) is 0 Å². The molecule has 13 heavy (non-hydrogen) atoms. The zero-order valence-electron chi connectivity index (χ0n) is 8.16. The van der Waals surface area contributed by atoms with E-state index in [1.165, 1.54) is 0 Å². The summed E-state index contributed by atoms with van der Waals surface area (Å²) in [4.78, 5) is 13.1. The van der Waals surface area contributed by atoms with Crippen LogP contribution in [0.15, 0.2) is 0 Å². The van der Waals surface area contributed by atoms with Gasteiger partial charge in [0, 0.05) is 39.1 Å². The third-order valence-electron chi connectivity index (χ3n) is 2.11. The second kappa shape index (κ2) is 5.94. The molecule has 75 valence electrons. The first-order valence-electron chi connectivity index (χ1n) is 4.84. The van der Waals surface area contributed by atoms with E-state index in [0.29, 0.717) is 13.0 Å². The average Bonchev–Trinajstić information content (AvgIpc) is 2.19. The highest BCUT2D eigenvalue weighted by Gasteiger charge is 2.09. The maximum atomic E-state index is 10.8. The molecule has 1 fully saturated rings.